The topological polar surface area (TPSA) is 54.5 Å². The van der Waals surface area contributed by atoms with Gasteiger partial charge in [-0.15, -0.1) is 0 Å². The van der Waals surface area contributed by atoms with E-state index < -0.39 is 9.84 Å². The summed E-state index contributed by atoms with van der Waals surface area (Å²) in [6.07, 6.45) is 0.790. The first-order valence-electron chi connectivity index (χ1n) is 8.21. The third kappa shape index (κ3) is 4.92. The molecule has 1 fully saturated rings. The predicted octanol–water partition coefficient (Wildman–Crippen LogP) is 3.21. The van der Waals surface area contributed by atoms with Gasteiger partial charge in [0.1, 0.15) is 0 Å². The van der Waals surface area contributed by atoms with E-state index in [9.17, 15) is 13.2 Å². The average molecular weight is 422 g/mol. The zero-order valence-corrected chi connectivity index (χ0v) is 16.2. The highest BCUT2D eigenvalue weighted by Gasteiger charge is 2.34. The molecule has 2 aromatic rings. The van der Waals surface area contributed by atoms with Crippen molar-refractivity contribution < 1.29 is 13.2 Å². The van der Waals surface area contributed by atoms with Crippen LogP contribution in [0.2, 0.25) is 0 Å². The van der Waals surface area contributed by atoms with E-state index in [1.54, 1.807) is 4.90 Å². The smallest absolute Gasteiger partial charge is 0.227 e. The van der Waals surface area contributed by atoms with Crippen molar-refractivity contribution in [2.75, 3.05) is 11.5 Å². The fourth-order valence-electron chi connectivity index (χ4n) is 3.10. The van der Waals surface area contributed by atoms with Crippen LogP contribution in [-0.4, -0.2) is 36.8 Å². The molecule has 4 nitrogen and oxygen atoms in total. The van der Waals surface area contributed by atoms with Crippen LogP contribution in [0.5, 0.6) is 0 Å². The lowest BCUT2D eigenvalue weighted by atomic mass is 10.1. The SMILES string of the molecule is O=C(Cc1ccc(Br)cc1)N(Cc1ccccc1)C1CCS(=O)(=O)C1. The molecule has 1 aliphatic rings. The molecular weight excluding hydrogens is 402 g/mol. The van der Waals surface area contributed by atoms with Gasteiger partial charge in [0.05, 0.1) is 17.9 Å². The molecule has 6 heteroatoms. The normalized spacial score (nSPS) is 18.8. The van der Waals surface area contributed by atoms with Gasteiger partial charge >= 0.3 is 0 Å². The van der Waals surface area contributed by atoms with Crippen molar-refractivity contribution in [3.8, 4) is 0 Å². The molecule has 1 unspecified atom stereocenters. The number of benzene rings is 2. The predicted molar refractivity (Wildman–Crippen MR) is 102 cm³/mol. The highest BCUT2D eigenvalue weighted by atomic mass is 79.9. The summed E-state index contributed by atoms with van der Waals surface area (Å²) < 4.78 is 24.7. The van der Waals surface area contributed by atoms with Crippen molar-refractivity contribution in [1.82, 2.24) is 4.90 Å². The second kappa shape index (κ2) is 7.70. The lowest BCUT2D eigenvalue weighted by molar-refractivity contribution is -0.133. The van der Waals surface area contributed by atoms with Gasteiger partial charge in [-0.1, -0.05) is 58.4 Å². The number of amides is 1. The van der Waals surface area contributed by atoms with E-state index in [-0.39, 0.29) is 29.9 Å². The van der Waals surface area contributed by atoms with Gasteiger partial charge in [-0.25, -0.2) is 8.42 Å². The van der Waals surface area contributed by atoms with Gasteiger partial charge in [0.2, 0.25) is 5.91 Å². The Kier molecular flexibility index (Phi) is 5.59. The number of rotatable bonds is 5. The summed E-state index contributed by atoms with van der Waals surface area (Å²) in [5.74, 6) is 0.189. The first kappa shape index (κ1) is 18.1. The minimum atomic E-state index is -3.04. The Balaban J connectivity index is 1.79. The van der Waals surface area contributed by atoms with E-state index in [0.717, 1.165) is 15.6 Å². The summed E-state index contributed by atoms with van der Waals surface area (Å²) in [5, 5.41) is 0. The number of carbonyl (C=O) groups is 1. The van der Waals surface area contributed by atoms with Crippen LogP contribution in [0.4, 0.5) is 0 Å². The quantitative estimate of drug-likeness (QED) is 0.744. The molecule has 0 saturated carbocycles. The summed E-state index contributed by atoms with van der Waals surface area (Å²) >= 11 is 3.39. The Morgan fingerprint density at radius 1 is 1.04 bits per heavy atom. The maximum Gasteiger partial charge on any atom is 0.227 e. The molecule has 1 saturated heterocycles. The van der Waals surface area contributed by atoms with Crippen LogP contribution in [-0.2, 0) is 27.6 Å². The standard InChI is InChI=1S/C19H20BrNO3S/c20-17-8-6-15(7-9-17)12-19(22)21(13-16-4-2-1-3-5-16)18-10-11-25(23,24)14-18/h1-9,18H,10-14H2. The first-order valence-corrected chi connectivity index (χ1v) is 10.8. The van der Waals surface area contributed by atoms with Crippen molar-refractivity contribution in [2.45, 2.75) is 25.4 Å². The van der Waals surface area contributed by atoms with E-state index >= 15 is 0 Å². The largest absolute Gasteiger partial charge is 0.334 e. The Hall–Kier alpha value is -1.66. The Bertz CT molecular complexity index is 835. The summed E-state index contributed by atoms with van der Waals surface area (Å²) in [6.45, 7) is 0.441. The molecule has 1 aliphatic heterocycles. The van der Waals surface area contributed by atoms with Crippen LogP contribution in [0.1, 0.15) is 17.5 Å². The van der Waals surface area contributed by atoms with Gasteiger partial charge in [-0.05, 0) is 29.7 Å². The number of hydrogen-bond donors (Lipinski definition) is 0. The zero-order chi connectivity index (χ0) is 17.9. The maximum absolute atomic E-state index is 12.9. The van der Waals surface area contributed by atoms with Crippen molar-refractivity contribution in [2.24, 2.45) is 0 Å². The highest BCUT2D eigenvalue weighted by molar-refractivity contribution is 9.10. The second-order valence-corrected chi connectivity index (χ2v) is 9.51. The number of sulfone groups is 1. The third-order valence-corrected chi connectivity index (χ3v) is 6.71. The average Bonchev–Trinajstić information content (AvgIpc) is 2.95. The summed E-state index contributed by atoms with van der Waals surface area (Å²) in [7, 11) is -3.04. The minimum Gasteiger partial charge on any atom is -0.334 e. The van der Waals surface area contributed by atoms with Gasteiger partial charge in [-0.2, -0.15) is 0 Å². The van der Waals surface area contributed by atoms with Crippen LogP contribution in [0, 0.1) is 0 Å². The van der Waals surface area contributed by atoms with E-state index in [4.69, 9.17) is 0 Å². The molecule has 0 N–H and O–H groups in total. The van der Waals surface area contributed by atoms with Crippen LogP contribution >= 0.6 is 15.9 Å². The number of carbonyl (C=O) groups excluding carboxylic acids is 1. The van der Waals surface area contributed by atoms with Crippen LogP contribution in [0.25, 0.3) is 0 Å². The van der Waals surface area contributed by atoms with Gasteiger partial charge in [0.15, 0.2) is 9.84 Å². The van der Waals surface area contributed by atoms with Crippen molar-refractivity contribution in [3.05, 3.63) is 70.2 Å². The maximum atomic E-state index is 12.9. The summed E-state index contributed by atoms with van der Waals surface area (Å²) in [5.41, 5.74) is 1.93. The van der Waals surface area contributed by atoms with Crippen LogP contribution < -0.4 is 0 Å². The molecule has 0 spiro atoms. The van der Waals surface area contributed by atoms with Crippen LogP contribution in [0.15, 0.2) is 59.1 Å². The van der Waals surface area contributed by atoms with Crippen molar-refractivity contribution in [1.29, 1.82) is 0 Å². The molecule has 2 aromatic carbocycles. The number of nitrogens with zero attached hydrogens (tertiary/aromatic N) is 1. The third-order valence-electron chi connectivity index (χ3n) is 4.43. The van der Waals surface area contributed by atoms with Gasteiger partial charge in [-0.3, -0.25) is 4.79 Å². The molecule has 1 amide bonds. The molecule has 0 bridgehead atoms. The van der Waals surface area contributed by atoms with Gasteiger partial charge in [0.25, 0.3) is 0 Å². The molecule has 1 heterocycles. The van der Waals surface area contributed by atoms with Crippen molar-refractivity contribution >= 4 is 31.7 Å². The Morgan fingerprint density at radius 2 is 1.72 bits per heavy atom. The highest BCUT2D eigenvalue weighted by Crippen LogP contribution is 2.21. The molecule has 0 aromatic heterocycles. The monoisotopic (exact) mass is 421 g/mol. The minimum absolute atomic E-state index is 0.0340. The van der Waals surface area contributed by atoms with E-state index in [1.807, 2.05) is 54.6 Å². The molecule has 132 valence electrons. The van der Waals surface area contributed by atoms with E-state index in [0.29, 0.717) is 13.0 Å². The van der Waals surface area contributed by atoms with E-state index in [1.165, 1.54) is 0 Å². The van der Waals surface area contributed by atoms with Crippen LogP contribution in [0.3, 0.4) is 0 Å². The zero-order valence-electron chi connectivity index (χ0n) is 13.8. The first-order chi connectivity index (χ1) is 11.9. The molecule has 3 rings (SSSR count). The fourth-order valence-corrected chi connectivity index (χ4v) is 5.10. The summed E-state index contributed by atoms with van der Waals surface area (Å²) in [6, 6.07) is 17.1. The van der Waals surface area contributed by atoms with Gasteiger partial charge < -0.3 is 4.90 Å². The Morgan fingerprint density at radius 3 is 2.32 bits per heavy atom. The lowest BCUT2D eigenvalue weighted by Gasteiger charge is -2.28. The fraction of sp³-hybridized carbons (Fsp3) is 0.316. The molecule has 25 heavy (non-hydrogen) atoms. The van der Waals surface area contributed by atoms with E-state index in [2.05, 4.69) is 15.9 Å². The van der Waals surface area contributed by atoms with Gasteiger partial charge in [0, 0.05) is 17.1 Å². The second-order valence-electron chi connectivity index (χ2n) is 6.37. The number of halogens is 1. The molecule has 0 aliphatic carbocycles. The summed E-state index contributed by atoms with van der Waals surface area (Å²) in [4.78, 5) is 14.7. The Labute approximate surface area is 156 Å². The van der Waals surface area contributed by atoms with Crippen molar-refractivity contribution in [3.63, 3.8) is 0 Å². The molecule has 1 atom stereocenters. The molecular formula is C19H20BrNO3S. The lowest BCUT2D eigenvalue weighted by Crippen LogP contribution is -2.41. The number of hydrogen-bond acceptors (Lipinski definition) is 3. The molecule has 0 radical (unpaired) electrons.